The highest BCUT2D eigenvalue weighted by Gasteiger charge is 1.99. The highest BCUT2D eigenvalue weighted by molar-refractivity contribution is 6.31. The quantitative estimate of drug-likeness (QED) is 0.733. The van der Waals surface area contributed by atoms with E-state index in [1.54, 1.807) is 7.11 Å². The molecule has 0 aromatic heterocycles. The van der Waals surface area contributed by atoms with Crippen LogP contribution in [0.2, 0.25) is 5.02 Å². The second kappa shape index (κ2) is 9.68. The zero-order chi connectivity index (χ0) is 12.4. The van der Waals surface area contributed by atoms with Crippen LogP contribution in [-0.2, 0) is 17.8 Å². The summed E-state index contributed by atoms with van der Waals surface area (Å²) in [5.74, 6) is 0. The van der Waals surface area contributed by atoms with Gasteiger partial charge in [-0.1, -0.05) is 57.3 Å². The van der Waals surface area contributed by atoms with Gasteiger partial charge in [0.05, 0.1) is 6.61 Å². The molecule has 1 aromatic carbocycles. The molecule has 0 saturated carbocycles. The summed E-state index contributed by atoms with van der Waals surface area (Å²) >= 11 is 5.95. The number of unbranched alkanes of at least 4 members (excludes halogenated alkanes) is 1. The number of methoxy groups -OCH3 is 1. The van der Waals surface area contributed by atoms with Crippen molar-refractivity contribution in [2.75, 3.05) is 7.11 Å². The van der Waals surface area contributed by atoms with Gasteiger partial charge >= 0.3 is 0 Å². The maximum absolute atomic E-state index is 5.95. The Kier molecular flexibility index (Phi) is 9.36. The summed E-state index contributed by atoms with van der Waals surface area (Å²) in [6.07, 6.45) is 3.67. The molecule has 0 radical (unpaired) electrons. The molecular weight excluding hydrogens is 220 g/mol. The van der Waals surface area contributed by atoms with E-state index in [-0.39, 0.29) is 0 Å². The average Bonchev–Trinajstić information content (AvgIpc) is 2.32. The van der Waals surface area contributed by atoms with Gasteiger partial charge in [-0.25, -0.2) is 0 Å². The van der Waals surface area contributed by atoms with Gasteiger partial charge in [-0.15, -0.1) is 0 Å². The van der Waals surface area contributed by atoms with Gasteiger partial charge < -0.3 is 4.74 Å². The van der Waals surface area contributed by atoms with Gasteiger partial charge in [0, 0.05) is 12.1 Å². The minimum atomic E-state index is 0.590. The standard InChI is InChI=1S/C10H13ClO.C4H10/c1-3-8-4-5-10(11)9(6-8)7-12-2;1-3-4-2/h4-6H,3,7H2,1-2H3;3-4H2,1-2H3. The zero-order valence-corrected chi connectivity index (χ0v) is 11.6. The van der Waals surface area contributed by atoms with Crippen LogP contribution >= 0.6 is 11.6 Å². The second-order valence-electron chi connectivity index (χ2n) is 3.71. The number of ether oxygens (including phenoxy) is 1. The van der Waals surface area contributed by atoms with Crippen LogP contribution in [-0.4, -0.2) is 7.11 Å². The molecule has 0 bridgehead atoms. The maximum atomic E-state index is 5.95. The van der Waals surface area contributed by atoms with Crippen LogP contribution in [0.1, 0.15) is 44.7 Å². The Hall–Kier alpha value is -0.530. The summed E-state index contributed by atoms with van der Waals surface area (Å²) in [4.78, 5) is 0. The van der Waals surface area contributed by atoms with Crippen LogP contribution in [0.3, 0.4) is 0 Å². The molecule has 0 N–H and O–H groups in total. The maximum Gasteiger partial charge on any atom is 0.0727 e. The summed E-state index contributed by atoms with van der Waals surface area (Å²) in [6, 6.07) is 6.06. The van der Waals surface area contributed by atoms with Crippen LogP contribution in [0, 0.1) is 0 Å². The number of hydrogen-bond donors (Lipinski definition) is 0. The molecule has 16 heavy (non-hydrogen) atoms. The van der Waals surface area contributed by atoms with E-state index in [1.165, 1.54) is 18.4 Å². The Morgan fingerprint density at radius 2 is 1.75 bits per heavy atom. The van der Waals surface area contributed by atoms with Crippen LogP contribution in [0.5, 0.6) is 0 Å². The number of benzene rings is 1. The molecule has 0 amide bonds. The van der Waals surface area contributed by atoms with Gasteiger partial charge in [0.1, 0.15) is 0 Å². The van der Waals surface area contributed by atoms with Crippen molar-refractivity contribution in [1.82, 2.24) is 0 Å². The monoisotopic (exact) mass is 242 g/mol. The van der Waals surface area contributed by atoms with Gasteiger partial charge in [0.15, 0.2) is 0 Å². The van der Waals surface area contributed by atoms with Crippen molar-refractivity contribution in [2.45, 2.75) is 46.6 Å². The molecule has 92 valence electrons. The third-order valence-corrected chi connectivity index (χ3v) is 2.69. The topological polar surface area (TPSA) is 9.23 Å². The van der Waals surface area contributed by atoms with Crippen molar-refractivity contribution in [2.24, 2.45) is 0 Å². The lowest BCUT2D eigenvalue weighted by molar-refractivity contribution is 0.185. The molecule has 2 heteroatoms. The van der Waals surface area contributed by atoms with Gasteiger partial charge in [-0.2, -0.15) is 0 Å². The number of halogens is 1. The normalized spacial score (nSPS) is 9.56. The molecule has 0 spiro atoms. The second-order valence-corrected chi connectivity index (χ2v) is 4.12. The lowest BCUT2D eigenvalue weighted by Crippen LogP contribution is -1.90. The Morgan fingerprint density at radius 3 is 2.19 bits per heavy atom. The smallest absolute Gasteiger partial charge is 0.0727 e. The fraction of sp³-hybridized carbons (Fsp3) is 0.571. The predicted molar refractivity (Wildman–Crippen MR) is 72.1 cm³/mol. The van der Waals surface area contributed by atoms with E-state index in [2.05, 4.69) is 26.8 Å². The molecule has 0 atom stereocenters. The van der Waals surface area contributed by atoms with E-state index in [0.29, 0.717) is 6.61 Å². The van der Waals surface area contributed by atoms with E-state index in [4.69, 9.17) is 16.3 Å². The summed E-state index contributed by atoms with van der Waals surface area (Å²) in [7, 11) is 1.68. The average molecular weight is 243 g/mol. The minimum Gasteiger partial charge on any atom is -0.380 e. The first kappa shape index (κ1) is 15.5. The van der Waals surface area contributed by atoms with E-state index in [9.17, 15) is 0 Å². The summed E-state index contributed by atoms with van der Waals surface area (Å²) in [6.45, 7) is 7.08. The third-order valence-electron chi connectivity index (χ3n) is 2.32. The van der Waals surface area contributed by atoms with Crippen molar-refractivity contribution in [3.8, 4) is 0 Å². The van der Waals surface area contributed by atoms with Crippen molar-refractivity contribution in [3.05, 3.63) is 34.3 Å². The first-order valence-corrected chi connectivity index (χ1v) is 6.33. The molecule has 1 nitrogen and oxygen atoms in total. The molecule has 0 aliphatic carbocycles. The molecule has 1 aromatic rings. The lowest BCUT2D eigenvalue weighted by atomic mass is 10.1. The molecule has 0 aliphatic rings. The lowest BCUT2D eigenvalue weighted by Gasteiger charge is -2.04. The SMILES string of the molecule is CCCC.CCc1ccc(Cl)c(COC)c1. The molecule has 0 unspecified atom stereocenters. The zero-order valence-electron chi connectivity index (χ0n) is 10.8. The highest BCUT2D eigenvalue weighted by Crippen LogP contribution is 2.18. The first-order valence-electron chi connectivity index (χ1n) is 5.95. The van der Waals surface area contributed by atoms with Crippen LogP contribution in [0.4, 0.5) is 0 Å². The van der Waals surface area contributed by atoms with E-state index < -0.39 is 0 Å². The van der Waals surface area contributed by atoms with E-state index in [0.717, 1.165) is 17.0 Å². The predicted octanol–water partition coefficient (Wildman–Crippen LogP) is 4.86. The van der Waals surface area contributed by atoms with Crippen molar-refractivity contribution in [1.29, 1.82) is 0 Å². The van der Waals surface area contributed by atoms with Crippen LogP contribution in [0.15, 0.2) is 18.2 Å². The van der Waals surface area contributed by atoms with Crippen molar-refractivity contribution < 1.29 is 4.74 Å². The Balaban J connectivity index is 0.000000487. The molecule has 0 heterocycles. The Morgan fingerprint density at radius 1 is 1.12 bits per heavy atom. The molecule has 0 fully saturated rings. The number of aryl methyl sites for hydroxylation is 1. The van der Waals surface area contributed by atoms with Gasteiger partial charge in [-0.3, -0.25) is 0 Å². The van der Waals surface area contributed by atoms with Gasteiger partial charge in [-0.05, 0) is 23.6 Å². The summed E-state index contributed by atoms with van der Waals surface area (Å²) < 4.78 is 5.02. The largest absolute Gasteiger partial charge is 0.380 e. The van der Waals surface area contributed by atoms with E-state index >= 15 is 0 Å². The Labute approximate surface area is 105 Å². The fourth-order valence-corrected chi connectivity index (χ4v) is 1.29. The number of hydrogen-bond acceptors (Lipinski definition) is 1. The third kappa shape index (κ3) is 6.14. The summed E-state index contributed by atoms with van der Waals surface area (Å²) in [5.41, 5.74) is 2.37. The van der Waals surface area contributed by atoms with Crippen LogP contribution in [0.25, 0.3) is 0 Å². The fourth-order valence-electron chi connectivity index (χ4n) is 1.11. The molecule has 0 saturated heterocycles. The minimum absolute atomic E-state index is 0.590. The van der Waals surface area contributed by atoms with Crippen LogP contribution < -0.4 is 0 Å². The molecule has 1 rings (SSSR count). The van der Waals surface area contributed by atoms with Crippen molar-refractivity contribution >= 4 is 11.6 Å². The van der Waals surface area contributed by atoms with E-state index in [1.807, 2.05) is 12.1 Å². The van der Waals surface area contributed by atoms with Gasteiger partial charge in [0.2, 0.25) is 0 Å². The van der Waals surface area contributed by atoms with Gasteiger partial charge in [0.25, 0.3) is 0 Å². The number of rotatable bonds is 4. The van der Waals surface area contributed by atoms with Crippen molar-refractivity contribution in [3.63, 3.8) is 0 Å². The molecule has 0 aliphatic heterocycles. The molecular formula is C14H23ClO. The highest BCUT2D eigenvalue weighted by atomic mass is 35.5. The first-order chi connectivity index (χ1) is 7.69. The summed E-state index contributed by atoms with van der Waals surface area (Å²) in [5, 5.41) is 0.786. The Bertz CT molecular complexity index is 282.